The van der Waals surface area contributed by atoms with Crippen molar-refractivity contribution in [2.24, 2.45) is 5.92 Å². The fraction of sp³-hybridized carbons (Fsp3) is 0.692. The molecular weight excluding hydrogens is 324 g/mol. The minimum absolute atomic E-state index is 0.225. The molecule has 0 bridgehead atoms. The maximum Gasteiger partial charge on any atom is 0.408 e. The summed E-state index contributed by atoms with van der Waals surface area (Å²) in [5.41, 5.74) is -0.621. The second-order valence-corrected chi connectivity index (χ2v) is 7.90. The molecule has 0 radical (unpaired) electrons. The third kappa shape index (κ3) is 6.99. The molecule has 1 heterocycles. The number of rotatable bonds is 5. The van der Waals surface area contributed by atoms with Crippen LogP contribution >= 0.6 is 23.6 Å². The van der Waals surface area contributed by atoms with Gasteiger partial charge in [0.1, 0.15) is 11.6 Å². The van der Waals surface area contributed by atoms with Crippen LogP contribution in [0.25, 0.3) is 0 Å². The smallest absolute Gasteiger partial charge is 0.408 e. The van der Waals surface area contributed by atoms with Crippen molar-refractivity contribution in [3.05, 3.63) is 3.95 Å². The number of nitrogens with one attached hydrogen (secondary N) is 3. The highest BCUT2D eigenvalue weighted by molar-refractivity contribution is 7.73. The summed E-state index contributed by atoms with van der Waals surface area (Å²) in [6.07, 6.45) is -0.135. The second kappa shape index (κ2) is 7.68. The fourth-order valence-electron chi connectivity index (χ4n) is 1.63. The lowest BCUT2D eigenvalue weighted by molar-refractivity contribution is -0.118. The van der Waals surface area contributed by atoms with Crippen LogP contribution in [-0.2, 0) is 9.53 Å². The van der Waals surface area contributed by atoms with E-state index in [2.05, 4.69) is 20.8 Å². The molecule has 0 saturated carbocycles. The molecule has 0 aromatic carbocycles. The lowest BCUT2D eigenvalue weighted by Gasteiger charge is -2.23. The van der Waals surface area contributed by atoms with Crippen molar-refractivity contribution in [3.8, 4) is 0 Å². The van der Waals surface area contributed by atoms with Crippen LogP contribution in [0.2, 0.25) is 0 Å². The van der Waals surface area contributed by atoms with Gasteiger partial charge in [0.15, 0.2) is 3.95 Å². The number of hydrogen-bond donors (Lipinski definition) is 3. The molecular formula is C13H22N4O3S2. The number of hydrogen-bond acceptors (Lipinski definition) is 6. The Morgan fingerprint density at radius 2 is 2.05 bits per heavy atom. The summed E-state index contributed by atoms with van der Waals surface area (Å²) >= 11 is 6.06. The molecule has 0 aliphatic heterocycles. The normalized spacial score (nSPS) is 12.8. The number of anilines is 1. The van der Waals surface area contributed by atoms with Crippen molar-refractivity contribution < 1.29 is 14.3 Å². The molecule has 9 heteroatoms. The van der Waals surface area contributed by atoms with Crippen LogP contribution < -0.4 is 10.6 Å². The van der Waals surface area contributed by atoms with Crippen molar-refractivity contribution in [2.45, 2.75) is 52.7 Å². The summed E-state index contributed by atoms with van der Waals surface area (Å²) in [5.74, 6) is -0.125. The number of carbonyl (C=O) groups is 2. The monoisotopic (exact) mass is 346 g/mol. The highest BCUT2D eigenvalue weighted by Crippen LogP contribution is 2.14. The van der Waals surface area contributed by atoms with Gasteiger partial charge in [-0.3, -0.25) is 15.2 Å². The minimum Gasteiger partial charge on any atom is -0.444 e. The van der Waals surface area contributed by atoms with E-state index in [4.69, 9.17) is 17.0 Å². The average molecular weight is 346 g/mol. The fourth-order valence-corrected chi connectivity index (χ4v) is 2.42. The molecule has 1 aromatic rings. The van der Waals surface area contributed by atoms with E-state index in [1.807, 2.05) is 13.8 Å². The van der Waals surface area contributed by atoms with Crippen molar-refractivity contribution >= 4 is 40.7 Å². The summed E-state index contributed by atoms with van der Waals surface area (Å²) in [5, 5.41) is 12.1. The van der Waals surface area contributed by atoms with Gasteiger partial charge in [0, 0.05) is 0 Å². The Balaban J connectivity index is 2.72. The third-order valence-electron chi connectivity index (χ3n) is 2.38. The van der Waals surface area contributed by atoms with Gasteiger partial charge in [-0.15, -0.1) is 5.10 Å². The van der Waals surface area contributed by atoms with E-state index in [1.54, 1.807) is 20.8 Å². The zero-order chi connectivity index (χ0) is 16.9. The van der Waals surface area contributed by atoms with Crippen molar-refractivity contribution in [3.63, 3.8) is 0 Å². The number of amides is 2. The number of ether oxygens (including phenoxy) is 1. The first-order chi connectivity index (χ1) is 10.1. The van der Waals surface area contributed by atoms with E-state index in [9.17, 15) is 9.59 Å². The Hall–Kier alpha value is -1.48. The summed E-state index contributed by atoms with van der Waals surface area (Å²) in [4.78, 5) is 24.2. The molecule has 7 nitrogen and oxygen atoms in total. The Morgan fingerprint density at radius 1 is 1.41 bits per heavy atom. The molecule has 0 fully saturated rings. The van der Waals surface area contributed by atoms with Crippen molar-refractivity contribution in [1.29, 1.82) is 0 Å². The molecule has 1 aromatic heterocycles. The lowest BCUT2D eigenvalue weighted by Crippen LogP contribution is -2.46. The quantitative estimate of drug-likeness (QED) is 0.712. The second-order valence-electron chi connectivity index (χ2n) is 6.24. The summed E-state index contributed by atoms with van der Waals surface area (Å²) in [6, 6.07) is -0.702. The highest BCUT2D eigenvalue weighted by atomic mass is 32.1. The van der Waals surface area contributed by atoms with Crippen LogP contribution in [0.3, 0.4) is 0 Å². The van der Waals surface area contributed by atoms with E-state index in [0.29, 0.717) is 15.5 Å². The molecule has 0 aliphatic rings. The van der Waals surface area contributed by atoms with Gasteiger partial charge in [0.05, 0.1) is 0 Å². The number of aromatic amines is 1. The Morgan fingerprint density at radius 3 is 2.50 bits per heavy atom. The Labute approximate surface area is 138 Å². The topological polar surface area (TPSA) is 96.1 Å². The maximum atomic E-state index is 12.3. The number of aromatic nitrogens is 2. The largest absolute Gasteiger partial charge is 0.444 e. The van der Waals surface area contributed by atoms with Gasteiger partial charge in [-0.05, 0) is 45.3 Å². The number of nitrogens with zero attached hydrogens (tertiary/aromatic N) is 1. The molecule has 1 unspecified atom stereocenters. The predicted molar refractivity (Wildman–Crippen MR) is 88.5 cm³/mol. The first-order valence-corrected chi connectivity index (χ1v) is 8.15. The highest BCUT2D eigenvalue weighted by Gasteiger charge is 2.25. The van der Waals surface area contributed by atoms with E-state index >= 15 is 0 Å². The number of H-pyrrole nitrogens is 1. The van der Waals surface area contributed by atoms with Crippen LogP contribution in [-0.4, -0.2) is 33.8 Å². The van der Waals surface area contributed by atoms with Gasteiger partial charge in [-0.1, -0.05) is 25.2 Å². The predicted octanol–water partition coefficient (Wildman–Crippen LogP) is 3.08. The molecule has 0 aliphatic carbocycles. The van der Waals surface area contributed by atoms with Gasteiger partial charge < -0.3 is 10.1 Å². The van der Waals surface area contributed by atoms with Crippen LogP contribution in [0, 0.1) is 9.87 Å². The first kappa shape index (κ1) is 18.6. The van der Waals surface area contributed by atoms with E-state index in [-0.39, 0.29) is 11.8 Å². The van der Waals surface area contributed by atoms with Gasteiger partial charge in [-0.2, -0.15) is 0 Å². The summed E-state index contributed by atoms with van der Waals surface area (Å²) in [6.45, 7) is 9.23. The van der Waals surface area contributed by atoms with E-state index in [1.165, 1.54) is 0 Å². The first-order valence-electron chi connectivity index (χ1n) is 6.92. The molecule has 0 spiro atoms. The maximum absolute atomic E-state index is 12.3. The molecule has 1 rings (SSSR count). The van der Waals surface area contributed by atoms with Gasteiger partial charge in [0.2, 0.25) is 11.0 Å². The summed E-state index contributed by atoms with van der Waals surface area (Å²) < 4.78 is 5.66. The standard InChI is InChI=1S/C13H22N4O3S2/c1-7(2)6-8(14-11(19)20-13(3,4)5)9(18)15-10-16-17-12(21)22-10/h7-8H,6H2,1-5H3,(H,14,19)(H,17,21)(H,15,16,18). The van der Waals surface area contributed by atoms with Gasteiger partial charge in [-0.25, -0.2) is 4.79 Å². The van der Waals surface area contributed by atoms with Crippen LogP contribution in [0.1, 0.15) is 41.0 Å². The van der Waals surface area contributed by atoms with Crippen LogP contribution in [0.5, 0.6) is 0 Å². The number of alkyl carbamates (subject to hydrolysis) is 1. The molecule has 0 saturated heterocycles. The molecule has 3 N–H and O–H groups in total. The van der Waals surface area contributed by atoms with Gasteiger partial charge >= 0.3 is 6.09 Å². The van der Waals surface area contributed by atoms with Crippen LogP contribution in [0.4, 0.5) is 9.93 Å². The average Bonchev–Trinajstić information content (AvgIpc) is 2.70. The molecule has 1 atom stereocenters. The number of carbonyl (C=O) groups excluding carboxylic acids is 2. The Bertz CT molecular complexity index is 574. The van der Waals surface area contributed by atoms with E-state index < -0.39 is 17.7 Å². The molecule has 22 heavy (non-hydrogen) atoms. The molecule has 124 valence electrons. The van der Waals surface area contributed by atoms with Crippen LogP contribution in [0.15, 0.2) is 0 Å². The SMILES string of the molecule is CC(C)CC(NC(=O)OC(C)(C)C)C(=O)Nc1n[nH]c(=S)s1. The lowest BCUT2D eigenvalue weighted by atomic mass is 10.0. The third-order valence-corrected chi connectivity index (χ3v) is 3.39. The van der Waals surface area contributed by atoms with Crippen molar-refractivity contribution in [2.75, 3.05) is 5.32 Å². The zero-order valence-corrected chi connectivity index (χ0v) is 15.0. The molecule has 2 amide bonds. The minimum atomic E-state index is -0.702. The van der Waals surface area contributed by atoms with Crippen molar-refractivity contribution in [1.82, 2.24) is 15.5 Å². The van der Waals surface area contributed by atoms with Gasteiger partial charge in [0.25, 0.3) is 0 Å². The summed E-state index contributed by atoms with van der Waals surface area (Å²) in [7, 11) is 0. The Kier molecular flexibility index (Phi) is 6.48. The van der Waals surface area contributed by atoms with E-state index in [0.717, 1.165) is 11.3 Å². The zero-order valence-electron chi connectivity index (χ0n) is 13.4.